The normalized spacial score (nSPS) is 10.9. The van der Waals surface area contributed by atoms with Crippen LogP contribution in [0.25, 0.3) is 11.1 Å². The highest BCUT2D eigenvalue weighted by Crippen LogP contribution is 2.27. The lowest BCUT2D eigenvalue weighted by Gasteiger charge is -2.09. The Kier molecular flexibility index (Phi) is 3.23. The van der Waals surface area contributed by atoms with Gasteiger partial charge in [-0.1, -0.05) is 32.0 Å². The average Bonchev–Trinajstić information content (AvgIpc) is 2.29. The third-order valence-electron chi connectivity index (χ3n) is 2.79. The van der Waals surface area contributed by atoms with Gasteiger partial charge in [-0.15, -0.1) is 0 Å². The molecule has 2 aromatic rings. The summed E-state index contributed by atoms with van der Waals surface area (Å²) in [6.07, 6.45) is 0. The van der Waals surface area contributed by atoms with E-state index in [2.05, 4.69) is 0 Å². The number of halogens is 2. The van der Waals surface area contributed by atoms with Gasteiger partial charge in [0.25, 0.3) is 0 Å². The van der Waals surface area contributed by atoms with Crippen molar-refractivity contribution < 1.29 is 8.78 Å². The van der Waals surface area contributed by atoms with Crippen LogP contribution in [0.1, 0.15) is 25.3 Å². The van der Waals surface area contributed by atoms with E-state index in [1.807, 2.05) is 13.8 Å². The zero-order valence-electron chi connectivity index (χ0n) is 9.87. The van der Waals surface area contributed by atoms with Crippen LogP contribution in [0.3, 0.4) is 0 Å². The molecule has 0 saturated heterocycles. The molecular formula is C15H14F2. The minimum absolute atomic E-state index is 0.319. The largest absolute Gasteiger partial charge is 0.207 e. The van der Waals surface area contributed by atoms with Gasteiger partial charge in [-0.05, 0) is 41.3 Å². The summed E-state index contributed by atoms with van der Waals surface area (Å²) in [6.45, 7) is 4.09. The summed E-state index contributed by atoms with van der Waals surface area (Å²) in [5, 5.41) is 0. The Balaban J connectivity index is 2.54. The van der Waals surface area contributed by atoms with Gasteiger partial charge in [-0.3, -0.25) is 0 Å². The second-order valence-corrected chi connectivity index (χ2v) is 4.40. The number of benzene rings is 2. The van der Waals surface area contributed by atoms with Crippen molar-refractivity contribution in [2.45, 2.75) is 19.8 Å². The summed E-state index contributed by atoms with van der Waals surface area (Å²) in [6, 6.07) is 11.0. The van der Waals surface area contributed by atoms with E-state index >= 15 is 0 Å². The molecule has 0 aromatic heterocycles. The highest BCUT2D eigenvalue weighted by molar-refractivity contribution is 5.65. The van der Waals surface area contributed by atoms with Crippen LogP contribution in [0.15, 0.2) is 42.5 Å². The van der Waals surface area contributed by atoms with Crippen LogP contribution in [0, 0.1) is 11.6 Å². The molecule has 0 atom stereocenters. The molecule has 88 valence electrons. The summed E-state index contributed by atoms with van der Waals surface area (Å²) in [5.74, 6) is -0.347. The molecule has 0 heterocycles. The first-order valence-corrected chi connectivity index (χ1v) is 5.63. The Hall–Kier alpha value is -1.70. The highest BCUT2D eigenvalue weighted by atomic mass is 19.1. The van der Waals surface area contributed by atoms with E-state index in [1.54, 1.807) is 24.3 Å². The molecule has 0 unspecified atom stereocenters. The van der Waals surface area contributed by atoms with E-state index in [9.17, 15) is 8.78 Å². The standard InChI is InChI=1S/C15H14F2/c1-10(2)11-6-7-15(17)14(9-11)12-4-3-5-13(16)8-12/h3-10H,1-2H3. The molecule has 0 fully saturated rings. The van der Waals surface area contributed by atoms with Crippen molar-refractivity contribution in [1.82, 2.24) is 0 Å². The van der Waals surface area contributed by atoms with E-state index in [4.69, 9.17) is 0 Å². The monoisotopic (exact) mass is 232 g/mol. The first-order chi connectivity index (χ1) is 8.08. The van der Waals surface area contributed by atoms with Gasteiger partial charge in [-0.2, -0.15) is 0 Å². The van der Waals surface area contributed by atoms with Gasteiger partial charge in [0.1, 0.15) is 11.6 Å². The Bertz CT molecular complexity index is 530. The molecule has 0 nitrogen and oxygen atoms in total. The summed E-state index contributed by atoms with van der Waals surface area (Å²) in [7, 11) is 0. The number of hydrogen-bond donors (Lipinski definition) is 0. The molecule has 0 aliphatic heterocycles. The molecule has 0 aliphatic carbocycles. The van der Waals surface area contributed by atoms with E-state index in [-0.39, 0.29) is 11.6 Å². The zero-order valence-corrected chi connectivity index (χ0v) is 9.87. The fourth-order valence-electron chi connectivity index (χ4n) is 1.78. The van der Waals surface area contributed by atoms with Crippen molar-refractivity contribution in [3.63, 3.8) is 0 Å². The van der Waals surface area contributed by atoms with E-state index < -0.39 is 0 Å². The van der Waals surface area contributed by atoms with Crippen LogP contribution < -0.4 is 0 Å². The van der Waals surface area contributed by atoms with Crippen LogP contribution in [0.4, 0.5) is 8.78 Å². The lowest BCUT2D eigenvalue weighted by atomic mass is 9.97. The Labute approximate surface area is 99.9 Å². The number of rotatable bonds is 2. The smallest absolute Gasteiger partial charge is 0.131 e. The molecule has 0 bridgehead atoms. The molecule has 0 amide bonds. The predicted octanol–water partition coefficient (Wildman–Crippen LogP) is 4.76. The average molecular weight is 232 g/mol. The van der Waals surface area contributed by atoms with E-state index in [0.29, 0.717) is 17.0 Å². The maximum atomic E-state index is 13.7. The molecule has 0 spiro atoms. The van der Waals surface area contributed by atoms with Gasteiger partial charge in [0, 0.05) is 5.56 Å². The van der Waals surface area contributed by atoms with Crippen molar-refractivity contribution in [3.8, 4) is 11.1 Å². The maximum Gasteiger partial charge on any atom is 0.131 e. The molecular weight excluding hydrogens is 218 g/mol. The van der Waals surface area contributed by atoms with E-state index in [1.165, 1.54) is 18.2 Å². The van der Waals surface area contributed by atoms with Crippen molar-refractivity contribution in [1.29, 1.82) is 0 Å². The summed E-state index contributed by atoms with van der Waals surface area (Å²) in [4.78, 5) is 0. The van der Waals surface area contributed by atoms with Gasteiger partial charge in [0.15, 0.2) is 0 Å². The number of hydrogen-bond acceptors (Lipinski definition) is 0. The second-order valence-electron chi connectivity index (χ2n) is 4.40. The third-order valence-corrected chi connectivity index (χ3v) is 2.79. The van der Waals surface area contributed by atoms with Crippen molar-refractivity contribution in [2.75, 3.05) is 0 Å². The minimum atomic E-state index is -0.350. The highest BCUT2D eigenvalue weighted by Gasteiger charge is 2.08. The van der Waals surface area contributed by atoms with Crippen LogP contribution in [0.5, 0.6) is 0 Å². The maximum absolute atomic E-state index is 13.7. The first-order valence-electron chi connectivity index (χ1n) is 5.63. The second kappa shape index (κ2) is 4.66. The van der Waals surface area contributed by atoms with Gasteiger partial charge >= 0.3 is 0 Å². The Morgan fingerprint density at radius 2 is 1.71 bits per heavy atom. The topological polar surface area (TPSA) is 0 Å². The molecule has 0 radical (unpaired) electrons. The lowest BCUT2D eigenvalue weighted by molar-refractivity contribution is 0.624. The minimum Gasteiger partial charge on any atom is -0.207 e. The fraction of sp³-hybridized carbons (Fsp3) is 0.200. The summed E-state index contributed by atoms with van der Waals surface area (Å²) >= 11 is 0. The summed E-state index contributed by atoms with van der Waals surface area (Å²) in [5.41, 5.74) is 2.08. The SMILES string of the molecule is CC(C)c1ccc(F)c(-c2cccc(F)c2)c1. The molecule has 17 heavy (non-hydrogen) atoms. The van der Waals surface area contributed by atoms with Crippen LogP contribution >= 0.6 is 0 Å². The molecule has 0 saturated carbocycles. The third kappa shape index (κ3) is 2.52. The van der Waals surface area contributed by atoms with E-state index in [0.717, 1.165) is 5.56 Å². The quantitative estimate of drug-likeness (QED) is 0.700. The van der Waals surface area contributed by atoms with Crippen molar-refractivity contribution in [3.05, 3.63) is 59.7 Å². The first kappa shape index (κ1) is 11.8. The van der Waals surface area contributed by atoms with Gasteiger partial charge < -0.3 is 0 Å². The molecule has 2 rings (SSSR count). The van der Waals surface area contributed by atoms with Gasteiger partial charge in [-0.25, -0.2) is 8.78 Å². The van der Waals surface area contributed by atoms with Gasteiger partial charge in [0.05, 0.1) is 0 Å². The molecule has 2 heteroatoms. The predicted molar refractivity (Wildman–Crippen MR) is 65.9 cm³/mol. The Morgan fingerprint density at radius 1 is 0.941 bits per heavy atom. The zero-order chi connectivity index (χ0) is 12.4. The fourth-order valence-corrected chi connectivity index (χ4v) is 1.78. The molecule has 2 aromatic carbocycles. The van der Waals surface area contributed by atoms with Crippen LogP contribution in [0.2, 0.25) is 0 Å². The van der Waals surface area contributed by atoms with Crippen LogP contribution in [-0.2, 0) is 0 Å². The lowest BCUT2D eigenvalue weighted by Crippen LogP contribution is -1.91. The van der Waals surface area contributed by atoms with Crippen LogP contribution in [-0.4, -0.2) is 0 Å². The van der Waals surface area contributed by atoms with Crippen molar-refractivity contribution in [2.24, 2.45) is 0 Å². The summed E-state index contributed by atoms with van der Waals surface area (Å²) < 4.78 is 26.8. The van der Waals surface area contributed by atoms with Crippen molar-refractivity contribution >= 4 is 0 Å². The molecule has 0 N–H and O–H groups in total. The van der Waals surface area contributed by atoms with Gasteiger partial charge in [0.2, 0.25) is 0 Å². The Morgan fingerprint density at radius 3 is 2.35 bits per heavy atom. The molecule has 0 aliphatic rings.